The Bertz CT molecular complexity index is 572. The van der Waals surface area contributed by atoms with Crippen molar-refractivity contribution in [3.05, 3.63) is 29.3 Å². The molecular formula is C14H14F3N3O. The summed E-state index contributed by atoms with van der Waals surface area (Å²) in [6.07, 6.45) is -2.69. The number of carbonyl (C=O) groups excluding carboxylic acids is 1. The molecule has 1 aliphatic heterocycles. The summed E-state index contributed by atoms with van der Waals surface area (Å²) in [7, 11) is 0. The summed E-state index contributed by atoms with van der Waals surface area (Å²) in [5.74, 6) is -0.468. The molecule has 0 aliphatic carbocycles. The number of nitriles is 1. The Morgan fingerprint density at radius 1 is 1.48 bits per heavy atom. The maximum Gasteiger partial charge on any atom is 0.418 e. The molecule has 1 aromatic rings. The van der Waals surface area contributed by atoms with E-state index in [0.29, 0.717) is 0 Å². The van der Waals surface area contributed by atoms with Crippen molar-refractivity contribution in [2.24, 2.45) is 0 Å². The van der Waals surface area contributed by atoms with Crippen molar-refractivity contribution >= 4 is 11.6 Å². The highest BCUT2D eigenvalue weighted by Crippen LogP contribution is 2.35. The highest BCUT2D eigenvalue weighted by molar-refractivity contribution is 5.92. The van der Waals surface area contributed by atoms with Gasteiger partial charge < -0.3 is 10.6 Å². The molecule has 0 saturated carbocycles. The average Bonchev–Trinajstić information content (AvgIpc) is 2.90. The molecule has 112 valence electrons. The first-order valence-electron chi connectivity index (χ1n) is 6.54. The van der Waals surface area contributed by atoms with E-state index in [1.54, 1.807) is 6.07 Å². The molecule has 1 aromatic carbocycles. The van der Waals surface area contributed by atoms with E-state index in [-0.39, 0.29) is 23.7 Å². The van der Waals surface area contributed by atoms with Crippen LogP contribution in [0.3, 0.4) is 0 Å². The average molecular weight is 297 g/mol. The molecule has 0 radical (unpaired) electrons. The van der Waals surface area contributed by atoms with Crippen LogP contribution in [0.1, 0.15) is 30.4 Å². The number of nitrogens with zero attached hydrogens (tertiary/aromatic N) is 1. The van der Waals surface area contributed by atoms with Crippen LogP contribution in [0.2, 0.25) is 0 Å². The van der Waals surface area contributed by atoms with E-state index >= 15 is 0 Å². The number of nitrogens with one attached hydrogen (secondary N) is 2. The lowest BCUT2D eigenvalue weighted by atomic mass is 10.1. The van der Waals surface area contributed by atoms with Crippen LogP contribution in [0.25, 0.3) is 0 Å². The van der Waals surface area contributed by atoms with Crippen LogP contribution in [0.4, 0.5) is 18.9 Å². The van der Waals surface area contributed by atoms with Crippen LogP contribution < -0.4 is 10.6 Å². The van der Waals surface area contributed by atoms with Crippen molar-refractivity contribution in [1.82, 2.24) is 5.32 Å². The Morgan fingerprint density at radius 2 is 2.24 bits per heavy atom. The van der Waals surface area contributed by atoms with E-state index in [2.05, 4.69) is 10.6 Å². The lowest BCUT2D eigenvalue weighted by Crippen LogP contribution is -2.28. The van der Waals surface area contributed by atoms with E-state index < -0.39 is 17.6 Å². The maximum atomic E-state index is 12.9. The van der Waals surface area contributed by atoms with Crippen molar-refractivity contribution in [2.75, 3.05) is 11.9 Å². The first-order valence-corrected chi connectivity index (χ1v) is 6.54. The normalized spacial score (nSPS) is 18.3. The van der Waals surface area contributed by atoms with Gasteiger partial charge in [0.15, 0.2) is 0 Å². The lowest BCUT2D eigenvalue weighted by molar-refractivity contribution is -0.137. The van der Waals surface area contributed by atoms with Gasteiger partial charge in [-0.05, 0) is 37.6 Å². The number of alkyl halides is 3. The number of hydrogen-bond acceptors (Lipinski definition) is 3. The molecule has 21 heavy (non-hydrogen) atoms. The summed E-state index contributed by atoms with van der Waals surface area (Å²) in [6, 6.07) is 4.77. The number of anilines is 1. The van der Waals surface area contributed by atoms with Crippen molar-refractivity contribution < 1.29 is 18.0 Å². The second-order valence-electron chi connectivity index (χ2n) is 4.92. The second kappa shape index (κ2) is 6.14. The molecule has 1 heterocycles. The van der Waals surface area contributed by atoms with E-state index in [4.69, 9.17) is 5.26 Å². The minimum absolute atomic E-state index is 0.0118. The van der Waals surface area contributed by atoms with Gasteiger partial charge >= 0.3 is 6.18 Å². The third kappa shape index (κ3) is 3.95. The van der Waals surface area contributed by atoms with Gasteiger partial charge in [-0.3, -0.25) is 4.79 Å². The number of hydrogen-bond donors (Lipinski definition) is 2. The Hall–Kier alpha value is -2.07. The molecule has 4 nitrogen and oxygen atoms in total. The third-order valence-corrected chi connectivity index (χ3v) is 3.32. The van der Waals surface area contributed by atoms with Crippen LogP contribution in [-0.4, -0.2) is 18.5 Å². The zero-order valence-electron chi connectivity index (χ0n) is 11.1. The summed E-state index contributed by atoms with van der Waals surface area (Å²) in [5.41, 5.74) is -1.42. The van der Waals surface area contributed by atoms with Crippen LogP contribution in [-0.2, 0) is 11.0 Å². The molecule has 1 atom stereocenters. The SMILES string of the molecule is N#Cc1ccc(NC(=O)CC2CCCN2)c(C(F)(F)F)c1. The maximum absolute atomic E-state index is 12.9. The van der Waals surface area contributed by atoms with Crippen LogP contribution >= 0.6 is 0 Å². The zero-order chi connectivity index (χ0) is 15.5. The van der Waals surface area contributed by atoms with Gasteiger partial charge in [-0.25, -0.2) is 0 Å². The monoisotopic (exact) mass is 297 g/mol. The zero-order valence-corrected chi connectivity index (χ0v) is 11.1. The van der Waals surface area contributed by atoms with E-state index in [0.717, 1.165) is 31.5 Å². The molecular weight excluding hydrogens is 283 g/mol. The minimum atomic E-state index is -4.62. The Labute approximate surface area is 119 Å². The summed E-state index contributed by atoms with van der Waals surface area (Å²) in [4.78, 5) is 11.8. The van der Waals surface area contributed by atoms with E-state index in [1.165, 1.54) is 6.07 Å². The minimum Gasteiger partial charge on any atom is -0.325 e. The number of rotatable bonds is 3. The van der Waals surface area contributed by atoms with Gasteiger partial charge in [0.25, 0.3) is 0 Å². The molecule has 1 amide bonds. The molecule has 2 N–H and O–H groups in total. The fourth-order valence-electron chi connectivity index (χ4n) is 2.31. The molecule has 0 spiro atoms. The highest BCUT2D eigenvalue weighted by atomic mass is 19.4. The Morgan fingerprint density at radius 3 is 2.81 bits per heavy atom. The Balaban J connectivity index is 2.15. The number of carbonyl (C=O) groups is 1. The highest BCUT2D eigenvalue weighted by Gasteiger charge is 2.34. The van der Waals surface area contributed by atoms with Crippen molar-refractivity contribution in [1.29, 1.82) is 5.26 Å². The molecule has 1 saturated heterocycles. The molecule has 1 aliphatic rings. The Kier molecular flexibility index (Phi) is 4.48. The molecule has 0 bridgehead atoms. The summed E-state index contributed by atoms with van der Waals surface area (Å²) in [5, 5.41) is 14.1. The van der Waals surface area contributed by atoms with Crippen molar-refractivity contribution in [2.45, 2.75) is 31.5 Å². The number of benzene rings is 1. The summed E-state index contributed by atoms with van der Waals surface area (Å²) >= 11 is 0. The fourth-order valence-corrected chi connectivity index (χ4v) is 2.31. The van der Waals surface area contributed by atoms with Crippen molar-refractivity contribution in [3.8, 4) is 6.07 Å². The topological polar surface area (TPSA) is 64.9 Å². The molecule has 2 rings (SSSR count). The first-order chi connectivity index (χ1) is 9.90. The molecule has 1 unspecified atom stereocenters. The van der Waals surface area contributed by atoms with E-state index in [1.807, 2.05) is 0 Å². The van der Waals surface area contributed by atoms with Gasteiger partial charge in [-0.15, -0.1) is 0 Å². The molecule has 7 heteroatoms. The molecule has 0 aromatic heterocycles. The van der Waals surface area contributed by atoms with E-state index in [9.17, 15) is 18.0 Å². The van der Waals surface area contributed by atoms with Crippen LogP contribution in [0.5, 0.6) is 0 Å². The predicted octanol–water partition coefficient (Wildman–Crippen LogP) is 2.66. The van der Waals surface area contributed by atoms with Crippen LogP contribution in [0, 0.1) is 11.3 Å². The van der Waals surface area contributed by atoms with Gasteiger partial charge in [-0.1, -0.05) is 0 Å². The smallest absolute Gasteiger partial charge is 0.325 e. The predicted molar refractivity (Wildman–Crippen MR) is 70.4 cm³/mol. The van der Waals surface area contributed by atoms with Gasteiger partial charge in [0, 0.05) is 12.5 Å². The third-order valence-electron chi connectivity index (χ3n) is 3.32. The standard InChI is InChI=1S/C14H14F3N3O/c15-14(16,17)11-6-9(8-18)3-4-12(11)20-13(21)7-10-2-1-5-19-10/h3-4,6,10,19H,1-2,5,7H2,(H,20,21). The first kappa shape index (κ1) is 15.3. The number of halogens is 3. The quantitative estimate of drug-likeness (QED) is 0.901. The molecule has 1 fully saturated rings. The van der Waals surface area contributed by atoms with Gasteiger partial charge in [-0.2, -0.15) is 18.4 Å². The van der Waals surface area contributed by atoms with Crippen LogP contribution in [0.15, 0.2) is 18.2 Å². The van der Waals surface area contributed by atoms with Gasteiger partial charge in [0.2, 0.25) is 5.91 Å². The summed E-state index contributed by atoms with van der Waals surface area (Å²) < 4.78 is 38.8. The second-order valence-corrected chi connectivity index (χ2v) is 4.92. The number of amides is 1. The van der Waals surface area contributed by atoms with Gasteiger partial charge in [0.1, 0.15) is 0 Å². The lowest BCUT2D eigenvalue weighted by Gasteiger charge is -2.15. The largest absolute Gasteiger partial charge is 0.418 e. The van der Waals surface area contributed by atoms with Gasteiger partial charge in [0.05, 0.1) is 22.9 Å². The summed E-state index contributed by atoms with van der Waals surface area (Å²) in [6.45, 7) is 0.822. The van der Waals surface area contributed by atoms with Crippen molar-refractivity contribution in [3.63, 3.8) is 0 Å². The fraction of sp³-hybridized carbons (Fsp3) is 0.429.